The monoisotopic (exact) mass is 267 g/mol. The fraction of sp³-hybridized carbons (Fsp3) is 0.533. The summed E-state index contributed by atoms with van der Waals surface area (Å²) in [6.07, 6.45) is 0.394. The maximum absolute atomic E-state index is 13.4. The van der Waals surface area contributed by atoms with Crippen LogP contribution in [0.3, 0.4) is 0 Å². The van der Waals surface area contributed by atoms with Crippen LogP contribution >= 0.6 is 0 Å². The van der Waals surface area contributed by atoms with Gasteiger partial charge >= 0.3 is 0 Å². The first-order valence-corrected chi connectivity index (χ1v) is 6.60. The molecule has 0 spiro atoms. The summed E-state index contributed by atoms with van der Waals surface area (Å²) in [5, 5.41) is 0. The molecule has 0 aliphatic rings. The lowest BCUT2D eigenvalue weighted by atomic mass is 10.1. The SMILES string of the molecule is CCOCCN(C)CCC(=O)c1ccc(C)c(F)c1. The minimum Gasteiger partial charge on any atom is -0.380 e. The molecule has 0 unspecified atom stereocenters. The number of carbonyl (C=O) groups is 1. The van der Waals surface area contributed by atoms with Crippen LogP contribution < -0.4 is 0 Å². The van der Waals surface area contributed by atoms with Crippen molar-refractivity contribution in [1.29, 1.82) is 0 Å². The first-order valence-electron chi connectivity index (χ1n) is 6.60. The van der Waals surface area contributed by atoms with Gasteiger partial charge in [0.15, 0.2) is 5.78 Å². The second-order valence-corrected chi connectivity index (χ2v) is 4.64. The van der Waals surface area contributed by atoms with Crippen molar-refractivity contribution >= 4 is 5.78 Å². The quantitative estimate of drug-likeness (QED) is 0.536. The van der Waals surface area contributed by atoms with Crippen molar-refractivity contribution in [3.05, 3.63) is 35.1 Å². The van der Waals surface area contributed by atoms with Crippen LogP contribution in [0.25, 0.3) is 0 Å². The first kappa shape index (κ1) is 15.8. The number of hydrogen-bond acceptors (Lipinski definition) is 3. The number of aryl methyl sites for hydroxylation is 1. The van der Waals surface area contributed by atoms with Gasteiger partial charge in [-0.05, 0) is 32.5 Å². The molecule has 0 aromatic heterocycles. The van der Waals surface area contributed by atoms with E-state index in [1.54, 1.807) is 19.1 Å². The molecule has 19 heavy (non-hydrogen) atoms. The second kappa shape index (κ2) is 8.02. The average molecular weight is 267 g/mol. The number of Topliss-reactive ketones (excluding diaryl/α,β-unsaturated/α-hetero) is 1. The Hall–Kier alpha value is -1.26. The molecule has 0 heterocycles. The Kier molecular flexibility index (Phi) is 6.67. The molecule has 3 nitrogen and oxygen atoms in total. The minimum atomic E-state index is -0.324. The lowest BCUT2D eigenvalue weighted by Crippen LogP contribution is -2.26. The first-order chi connectivity index (χ1) is 9.04. The number of nitrogens with zero attached hydrogens (tertiary/aromatic N) is 1. The molecular formula is C15H22FNO2. The molecule has 0 saturated carbocycles. The number of rotatable bonds is 8. The average Bonchev–Trinajstić information content (AvgIpc) is 2.39. The molecule has 1 rings (SSSR count). The van der Waals surface area contributed by atoms with E-state index < -0.39 is 0 Å². The highest BCUT2D eigenvalue weighted by atomic mass is 19.1. The summed E-state index contributed by atoms with van der Waals surface area (Å²) in [6.45, 7) is 6.46. The molecule has 106 valence electrons. The van der Waals surface area contributed by atoms with Gasteiger partial charge in [0.2, 0.25) is 0 Å². The van der Waals surface area contributed by atoms with Gasteiger partial charge in [0.25, 0.3) is 0 Å². The number of halogens is 1. The topological polar surface area (TPSA) is 29.5 Å². The maximum Gasteiger partial charge on any atom is 0.164 e. The third-order valence-electron chi connectivity index (χ3n) is 3.04. The predicted molar refractivity (Wildman–Crippen MR) is 74.1 cm³/mol. The molecule has 4 heteroatoms. The summed E-state index contributed by atoms with van der Waals surface area (Å²) in [4.78, 5) is 14.0. The molecule has 0 radical (unpaired) electrons. The highest BCUT2D eigenvalue weighted by Gasteiger charge is 2.09. The predicted octanol–water partition coefficient (Wildman–Crippen LogP) is 2.68. The van der Waals surface area contributed by atoms with Crippen molar-refractivity contribution in [3.8, 4) is 0 Å². The highest BCUT2D eigenvalue weighted by molar-refractivity contribution is 5.96. The third-order valence-corrected chi connectivity index (χ3v) is 3.04. The van der Waals surface area contributed by atoms with E-state index in [0.29, 0.717) is 37.3 Å². The van der Waals surface area contributed by atoms with E-state index in [2.05, 4.69) is 0 Å². The van der Waals surface area contributed by atoms with Gasteiger partial charge in [0.1, 0.15) is 5.82 Å². The Bertz CT molecular complexity index is 421. The van der Waals surface area contributed by atoms with Gasteiger partial charge in [-0.25, -0.2) is 4.39 Å². The van der Waals surface area contributed by atoms with Gasteiger partial charge in [-0.2, -0.15) is 0 Å². The lowest BCUT2D eigenvalue weighted by molar-refractivity contribution is 0.0945. The van der Waals surface area contributed by atoms with Gasteiger partial charge in [0, 0.05) is 31.7 Å². The number of ketones is 1. The van der Waals surface area contributed by atoms with Gasteiger partial charge < -0.3 is 9.64 Å². The standard InChI is InChI=1S/C15H22FNO2/c1-4-19-10-9-17(3)8-7-15(18)13-6-5-12(2)14(16)11-13/h5-6,11H,4,7-10H2,1-3H3. The zero-order valence-electron chi connectivity index (χ0n) is 11.9. The largest absolute Gasteiger partial charge is 0.380 e. The Balaban J connectivity index is 2.40. The summed E-state index contributed by atoms with van der Waals surface area (Å²) in [5.74, 6) is -0.349. The number of carbonyl (C=O) groups excluding carboxylic acids is 1. The van der Waals surface area contributed by atoms with E-state index in [1.807, 2.05) is 18.9 Å². The summed E-state index contributed by atoms with van der Waals surface area (Å²) in [7, 11) is 1.95. The van der Waals surface area contributed by atoms with Crippen molar-refractivity contribution in [1.82, 2.24) is 4.90 Å². The maximum atomic E-state index is 13.4. The van der Waals surface area contributed by atoms with Gasteiger partial charge in [0.05, 0.1) is 6.61 Å². The van der Waals surface area contributed by atoms with Crippen LogP contribution in [-0.4, -0.2) is 44.0 Å². The van der Waals surface area contributed by atoms with Crippen LogP contribution in [0.5, 0.6) is 0 Å². The summed E-state index contributed by atoms with van der Waals surface area (Å²) >= 11 is 0. The highest BCUT2D eigenvalue weighted by Crippen LogP contribution is 2.11. The number of hydrogen-bond donors (Lipinski definition) is 0. The number of benzene rings is 1. The van der Waals surface area contributed by atoms with Crippen molar-refractivity contribution in [2.24, 2.45) is 0 Å². The molecule has 0 amide bonds. The minimum absolute atomic E-state index is 0.0258. The van der Waals surface area contributed by atoms with Crippen molar-refractivity contribution in [2.45, 2.75) is 20.3 Å². The summed E-state index contributed by atoms with van der Waals surface area (Å²) < 4.78 is 18.6. The van der Waals surface area contributed by atoms with E-state index >= 15 is 0 Å². The zero-order chi connectivity index (χ0) is 14.3. The van der Waals surface area contributed by atoms with Gasteiger partial charge in [-0.15, -0.1) is 0 Å². The fourth-order valence-electron chi connectivity index (χ4n) is 1.68. The molecule has 1 aromatic carbocycles. The Labute approximate surface area is 114 Å². The van der Waals surface area contributed by atoms with E-state index in [0.717, 1.165) is 6.54 Å². The van der Waals surface area contributed by atoms with Gasteiger partial charge in [-0.3, -0.25) is 4.79 Å². The normalized spacial score (nSPS) is 11.0. The molecule has 1 aromatic rings. The van der Waals surface area contributed by atoms with Crippen LogP contribution in [0.2, 0.25) is 0 Å². The van der Waals surface area contributed by atoms with E-state index in [4.69, 9.17) is 4.74 Å². The molecular weight excluding hydrogens is 245 g/mol. The van der Waals surface area contributed by atoms with Crippen LogP contribution in [0.15, 0.2) is 18.2 Å². The number of likely N-dealkylation sites (N-methyl/N-ethyl adjacent to an activating group) is 1. The molecule has 0 aliphatic carbocycles. The van der Waals surface area contributed by atoms with E-state index in [9.17, 15) is 9.18 Å². The molecule has 0 atom stereocenters. The Morgan fingerprint density at radius 1 is 1.37 bits per heavy atom. The second-order valence-electron chi connectivity index (χ2n) is 4.64. The van der Waals surface area contributed by atoms with Crippen molar-refractivity contribution in [2.75, 3.05) is 33.4 Å². The van der Waals surface area contributed by atoms with Gasteiger partial charge in [-0.1, -0.05) is 12.1 Å². The van der Waals surface area contributed by atoms with Crippen molar-refractivity contribution in [3.63, 3.8) is 0 Å². The number of ether oxygens (including phenoxy) is 1. The summed E-state index contributed by atoms with van der Waals surface area (Å²) in [5.41, 5.74) is 1.01. The summed E-state index contributed by atoms with van der Waals surface area (Å²) in [6, 6.07) is 4.64. The third kappa shape index (κ3) is 5.49. The van der Waals surface area contributed by atoms with Crippen LogP contribution in [0, 0.1) is 12.7 Å². The van der Waals surface area contributed by atoms with Crippen LogP contribution in [-0.2, 0) is 4.74 Å². The Morgan fingerprint density at radius 2 is 2.11 bits per heavy atom. The molecule has 0 saturated heterocycles. The smallest absolute Gasteiger partial charge is 0.164 e. The van der Waals surface area contributed by atoms with E-state index in [-0.39, 0.29) is 11.6 Å². The fourth-order valence-corrected chi connectivity index (χ4v) is 1.68. The Morgan fingerprint density at radius 3 is 2.74 bits per heavy atom. The molecule has 0 bridgehead atoms. The van der Waals surface area contributed by atoms with E-state index in [1.165, 1.54) is 6.07 Å². The van der Waals surface area contributed by atoms with Crippen molar-refractivity contribution < 1.29 is 13.9 Å². The molecule has 0 fully saturated rings. The lowest BCUT2D eigenvalue weighted by Gasteiger charge is -2.15. The van der Waals surface area contributed by atoms with Crippen LogP contribution in [0.4, 0.5) is 4.39 Å². The molecule has 0 aliphatic heterocycles. The molecule has 0 N–H and O–H groups in total. The zero-order valence-corrected chi connectivity index (χ0v) is 11.9. The van der Waals surface area contributed by atoms with Crippen LogP contribution in [0.1, 0.15) is 29.3 Å².